The Bertz CT molecular complexity index is 396. The van der Waals surface area contributed by atoms with Crippen LogP contribution in [0.1, 0.15) is 45.6 Å². The molecular weight excluding hydrogens is 236 g/mol. The fraction of sp³-hybridized carbons (Fsp3) is 0.562. The van der Waals surface area contributed by atoms with E-state index in [2.05, 4.69) is 29.7 Å². The summed E-state index contributed by atoms with van der Waals surface area (Å²) in [6, 6.07) is 8.14. The van der Waals surface area contributed by atoms with Crippen molar-refractivity contribution in [2.75, 3.05) is 12.4 Å². The lowest BCUT2D eigenvalue weighted by atomic mass is 10.0. The van der Waals surface area contributed by atoms with E-state index in [1.165, 1.54) is 24.8 Å². The van der Waals surface area contributed by atoms with Crippen molar-refractivity contribution in [2.24, 2.45) is 0 Å². The quantitative estimate of drug-likeness (QED) is 0.740. The third-order valence-corrected chi connectivity index (χ3v) is 3.47. The minimum absolute atomic E-state index is 0.0197. The molecule has 0 unspecified atom stereocenters. The molecule has 106 valence electrons. The summed E-state index contributed by atoms with van der Waals surface area (Å²) in [5, 5.41) is 5.92. The van der Waals surface area contributed by atoms with Gasteiger partial charge in [0.05, 0.1) is 5.54 Å². The SMILES string of the molecule is CCCCCc1ccc(NC(=O)C(C)(C)NC)cc1. The van der Waals surface area contributed by atoms with Crippen LogP contribution in [0.25, 0.3) is 0 Å². The van der Waals surface area contributed by atoms with E-state index in [-0.39, 0.29) is 5.91 Å². The summed E-state index contributed by atoms with van der Waals surface area (Å²) in [4.78, 5) is 12.0. The van der Waals surface area contributed by atoms with E-state index in [1.54, 1.807) is 7.05 Å². The number of amides is 1. The maximum Gasteiger partial charge on any atom is 0.244 e. The molecule has 0 aromatic heterocycles. The summed E-state index contributed by atoms with van der Waals surface area (Å²) in [5.41, 5.74) is 1.63. The summed E-state index contributed by atoms with van der Waals surface area (Å²) >= 11 is 0. The summed E-state index contributed by atoms with van der Waals surface area (Å²) in [6.45, 7) is 5.94. The highest BCUT2D eigenvalue weighted by Crippen LogP contribution is 2.14. The van der Waals surface area contributed by atoms with Crippen LogP contribution < -0.4 is 10.6 Å². The van der Waals surface area contributed by atoms with E-state index < -0.39 is 5.54 Å². The van der Waals surface area contributed by atoms with Crippen LogP contribution in [-0.2, 0) is 11.2 Å². The molecule has 3 heteroatoms. The van der Waals surface area contributed by atoms with Gasteiger partial charge in [-0.1, -0.05) is 31.9 Å². The smallest absolute Gasteiger partial charge is 0.244 e. The Balaban J connectivity index is 2.55. The molecule has 0 aliphatic rings. The van der Waals surface area contributed by atoms with Crippen molar-refractivity contribution in [1.29, 1.82) is 0 Å². The van der Waals surface area contributed by atoms with E-state index in [1.807, 2.05) is 26.0 Å². The van der Waals surface area contributed by atoms with Gasteiger partial charge in [0.15, 0.2) is 0 Å². The van der Waals surface area contributed by atoms with Crippen LogP contribution in [0.15, 0.2) is 24.3 Å². The van der Waals surface area contributed by atoms with E-state index in [0.29, 0.717) is 0 Å². The number of rotatable bonds is 7. The minimum Gasteiger partial charge on any atom is -0.325 e. The second kappa shape index (κ2) is 7.29. The van der Waals surface area contributed by atoms with Crippen molar-refractivity contribution in [3.05, 3.63) is 29.8 Å². The zero-order valence-electron chi connectivity index (χ0n) is 12.5. The lowest BCUT2D eigenvalue weighted by molar-refractivity contribution is -0.121. The van der Waals surface area contributed by atoms with Crippen molar-refractivity contribution < 1.29 is 4.79 Å². The Morgan fingerprint density at radius 1 is 1.16 bits per heavy atom. The highest BCUT2D eigenvalue weighted by Gasteiger charge is 2.24. The first kappa shape index (κ1) is 15.7. The van der Waals surface area contributed by atoms with Crippen LogP contribution >= 0.6 is 0 Å². The number of anilines is 1. The van der Waals surface area contributed by atoms with Gasteiger partial charge in [-0.15, -0.1) is 0 Å². The van der Waals surface area contributed by atoms with Gasteiger partial charge in [-0.2, -0.15) is 0 Å². The summed E-state index contributed by atoms with van der Waals surface area (Å²) < 4.78 is 0. The molecule has 1 aromatic carbocycles. The molecule has 1 aromatic rings. The number of hydrogen-bond donors (Lipinski definition) is 2. The lowest BCUT2D eigenvalue weighted by Gasteiger charge is -2.22. The predicted molar refractivity (Wildman–Crippen MR) is 81.4 cm³/mol. The van der Waals surface area contributed by atoms with Gasteiger partial charge >= 0.3 is 0 Å². The topological polar surface area (TPSA) is 41.1 Å². The van der Waals surface area contributed by atoms with Gasteiger partial charge in [0.2, 0.25) is 5.91 Å². The molecule has 1 amide bonds. The molecule has 0 spiro atoms. The highest BCUT2D eigenvalue weighted by molar-refractivity contribution is 5.97. The number of nitrogens with one attached hydrogen (secondary N) is 2. The standard InChI is InChI=1S/C16H26N2O/c1-5-6-7-8-13-9-11-14(12-10-13)18-15(19)16(2,3)17-4/h9-12,17H,5-8H2,1-4H3,(H,18,19). The molecule has 0 radical (unpaired) electrons. The van der Waals surface area contributed by atoms with E-state index in [0.717, 1.165) is 12.1 Å². The van der Waals surface area contributed by atoms with Crippen LogP contribution in [0, 0.1) is 0 Å². The van der Waals surface area contributed by atoms with Gasteiger partial charge in [0, 0.05) is 5.69 Å². The zero-order chi connectivity index (χ0) is 14.3. The molecule has 0 fully saturated rings. The molecule has 0 saturated carbocycles. The maximum absolute atomic E-state index is 12.0. The molecule has 1 rings (SSSR count). The fourth-order valence-corrected chi connectivity index (χ4v) is 1.73. The molecule has 19 heavy (non-hydrogen) atoms. The third kappa shape index (κ3) is 5.03. The van der Waals surface area contributed by atoms with Gasteiger partial charge < -0.3 is 10.6 Å². The van der Waals surface area contributed by atoms with E-state index in [4.69, 9.17) is 0 Å². The van der Waals surface area contributed by atoms with Crippen molar-refractivity contribution in [3.63, 3.8) is 0 Å². The number of likely N-dealkylation sites (N-methyl/N-ethyl adjacent to an activating group) is 1. The maximum atomic E-state index is 12.0. The molecule has 0 heterocycles. The third-order valence-electron chi connectivity index (χ3n) is 3.47. The highest BCUT2D eigenvalue weighted by atomic mass is 16.2. The molecular formula is C16H26N2O. The molecule has 2 N–H and O–H groups in total. The van der Waals surface area contributed by atoms with Crippen molar-refractivity contribution in [2.45, 2.75) is 52.0 Å². The summed E-state index contributed by atoms with van der Waals surface area (Å²) in [6.07, 6.45) is 4.86. The number of aryl methyl sites for hydroxylation is 1. The van der Waals surface area contributed by atoms with Gasteiger partial charge in [0.25, 0.3) is 0 Å². The van der Waals surface area contributed by atoms with Crippen molar-refractivity contribution >= 4 is 11.6 Å². The molecule has 0 atom stereocenters. The average molecular weight is 262 g/mol. The second-order valence-electron chi connectivity index (χ2n) is 5.48. The van der Waals surface area contributed by atoms with E-state index in [9.17, 15) is 4.79 Å². The van der Waals surface area contributed by atoms with Crippen LogP contribution in [0.2, 0.25) is 0 Å². The molecule has 3 nitrogen and oxygen atoms in total. The minimum atomic E-state index is -0.556. The van der Waals surface area contributed by atoms with Gasteiger partial charge in [0.1, 0.15) is 0 Å². The monoisotopic (exact) mass is 262 g/mol. The first-order valence-corrected chi connectivity index (χ1v) is 7.09. The average Bonchev–Trinajstić information content (AvgIpc) is 2.41. The summed E-state index contributed by atoms with van der Waals surface area (Å²) in [5.74, 6) is -0.0197. The largest absolute Gasteiger partial charge is 0.325 e. The number of hydrogen-bond acceptors (Lipinski definition) is 2. The number of carbonyl (C=O) groups is 1. The number of carbonyl (C=O) groups excluding carboxylic acids is 1. The fourth-order valence-electron chi connectivity index (χ4n) is 1.73. The predicted octanol–water partition coefficient (Wildman–Crippen LogP) is 3.36. The van der Waals surface area contributed by atoms with Crippen LogP contribution in [0.5, 0.6) is 0 Å². The Labute approximate surface area is 116 Å². The second-order valence-corrected chi connectivity index (χ2v) is 5.48. The van der Waals surface area contributed by atoms with Crippen LogP contribution in [0.4, 0.5) is 5.69 Å². The lowest BCUT2D eigenvalue weighted by Crippen LogP contribution is -2.47. The Hall–Kier alpha value is -1.35. The van der Waals surface area contributed by atoms with Crippen molar-refractivity contribution in [3.8, 4) is 0 Å². The molecule has 0 aliphatic heterocycles. The molecule has 0 aliphatic carbocycles. The van der Waals surface area contributed by atoms with Gasteiger partial charge in [-0.05, 0) is 51.4 Å². The first-order valence-electron chi connectivity index (χ1n) is 7.09. The Kier molecular flexibility index (Phi) is 6.03. The molecule has 0 saturated heterocycles. The number of unbranched alkanes of at least 4 members (excludes halogenated alkanes) is 2. The van der Waals surface area contributed by atoms with Gasteiger partial charge in [-0.25, -0.2) is 0 Å². The summed E-state index contributed by atoms with van der Waals surface area (Å²) in [7, 11) is 1.79. The van der Waals surface area contributed by atoms with Crippen LogP contribution in [0.3, 0.4) is 0 Å². The van der Waals surface area contributed by atoms with Crippen molar-refractivity contribution in [1.82, 2.24) is 5.32 Å². The van der Waals surface area contributed by atoms with E-state index >= 15 is 0 Å². The first-order chi connectivity index (χ1) is 8.99. The van der Waals surface area contributed by atoms with Gasteiger partial charge in [-0.3, -0.25) is 4.79 Å². The Morgan fingerprint density at radius 3 is 2.32 bits per heavy atom. The Morgan fingerprint density at radius 2 is 1.79 bits per heavy atom. The normalized spacial score (nSPS) is 11.4. The van der Waals surface area contributed by atoms with Crippen LogP contribution in [-0.4, -0.2) is 18.5 Å². The number of benzene rings is 1. The zero-order valence-corrected chi connectivity index (χ0v) is 12.5. The molecule has 0 bridgehead atoms.